The molecule has 0 spiro atoms. The van der Waals surface area contributed by atoms with Crippen molar-refractivity contribution in [1.29, 1.82) is 0 Å². The van der Waals surface area contributed by atoms with Crippen LogP contribution in [0, 0.1) is 0 Å². The minimum atomic E-state index is -0.653. The number of nitrogens with zero attached hydrogens (tertiary/aromatic N) is 5. The number of aromatic amines is 1. The lowest BCUT2D eigenvalue weighted by Crippen LogP contribution is -2.47. The highest BCUT2D eigenvalue weighted by molar-refractivity contribution is 6.00. The summed E-state index contributed by atoms with van der Waals surface area (Å²) in [6.45, 7) is 0.587. The van der Waals surface area contributed by atoms with E-state index in [0.29, 0.717) is 31.2 Å². The van der Waals surface area contributed by atoms with Gasteiger partial charge in [-0.3, -0.25) is 19.6 Å². The van der Waals surface area contributed by atoms with Crippen LogP contribution >= 0.6 is 0 Å². The molecule has 0 saturated carbocycles. The van der Waals surface area contributed by atoms with Gasteiger partial charge in [0.2, 0.25) is 11.8 Å². The molecule has 1 unspecified atom stereocenters. The number of imidazole rings is 1. The summed E-state index contributed by atoms with van der Waals surface area (Å²) in [5, 5.41) is 9.51. The molecule has 0 bridgehead atoms. The van der Waals surface area contributed by atoms with Crippen molar-refractivity contribution in [1.82, 2.24) is 30.0 Å². The molecule has 0 saturated heterocycles. The quantitative estimate of drug-likeness (QED) is 0.709. The number of hydrogen-bond acceptors (Lipinski definition) is 5. The predicted octanol–water partition coefficient (Wildman–Crippen LogP) is 0.757. The van der Waals surface area contributed by atoms with Crippen LogP contribution in [-0.4, -0.2) is 49.6 Å². The largest absolute Gasteiger partial charge is 0.337 e. The monoisotopic (exact) mass is 365 g/mol. The number of hydrogen-bond donors (Lipinski definition) is 2. The van der Waals surface area contributed by atoms with Gasteiger partial charge in [0.1, 0.15) is 11.9 Å². The SMILES string of the molecule is CN1C(=O)C(NC(=O)c2n[nH]c(Cc3ccccc3)n2)CCn2ccnc21. The summed E-state index contributed by atoms with van der Waals surface area (Å²) in [6.07, 6.45) is 4.49. The second-order valence-corrected chi connectivity index (χ2v) is 6.40. The summed E-state index contributed by atoms with van der Waals surface area (Å²) < 4.78 is 1.88. The van der Waals surface area contributed by atoms with Gasteiger partial charge in [0.15, 0.2) is 0 Å². The van der Waals surface area contributed by atoms with E-state index in [-0.39, 0.29) is 11.7 Å². The number of H-pyrrole nitrogens is 1. The van der Waals surface area contributed by atoms with E-state index in [9.17, 15) is 9.59 Å². The van der Waals surface area contributed by atoms with Crippen LogP contribution in [0.3, 0.4) is 0 Å². The molecule has 27 heavy (non-hydrogen) atoms. The molecule has 1 atom stereocenters. The van der Waals surface area contributed by atoms with Gasteiger partial charge in [0.25, 0.3) is 11.8 Å². The zero-order valence-electron chi connectivity index (χ0n) is 14.8. The molecule has 2 N–H and O–H groups in total. The number of aryl methyl sites for hydroxylation is 1. The van der Waals surface area contributed by atoms with E-state index in [1.54, 1.807) is 13.2 Å². The number of nitrogens with one attached hydrogen (secondary N) is 2. The van der Waals surface area contributed by atoms with Crippen molar-refractivity contribution in [2.24, 2.45) is 0 Å². The summed E-state index contributed by atoms with van der Waals surface area (Å²) in [4.78, 5) is 35.0. The van der Waals surface area contributed by atoms with Gasteiger partial charge in [-0.25, -0.2) is 9.97 Å². The van der Waals surface area contributed by atoms with E-state index in [2.05, 4.69) is 25.5 Å². The fourth-order valence-corrected chi connectivity index (χ4v) is 3.12. The highest BCUT2D eigenvalue weighted by Crippen LogP contribution is 2.17. The van der Waals surface area contributed by atoms with Crippen LogP contribution in [0.4, 0.5) is 5.95 Å². The Balaban J connectivity index is 1.43. The van der Waals surface area contributed by atoms with Gasteiger partial charge in [0, 0.05) is 32.4 Å². The fraction of sp³-hybridized carbons (Fsp3) is 0.278. The molecule has 4 rings (SSSR count). The number of fused-ring (bicyclic) bond motifs is 1. The maximum atomic E-state index is 12.6. The standard InChI is InChI=1S/C18H19N7O2/c1-24-17(27)13(7-9-25-10-8-19-18(24)25)20-16(26)15-21-14(22-23-15)11-12-5-3-2-4-6-12/h2-6,8,10,13H,7,9,11H2,1H3,(H,20,26)(H,21,22,23). The molecule has 0 fully saturated rings. The molecule has 3 aromatic rings. The highest BCUT2D eigenvalue weighted by atomic mass is 16.2. The second kappa shape index (κ2) is 7.02. The first-order valence-corrected chi connectivity index (χ1v) is 8.66. The van der Waals surface area contributed by atoms with Crippen molar-refractivity contribution in [2.75, 3.05) is 11.9 Å². The Bertz CT molecular complexity index is 963. The Morgan fingerprint density at radius 1 is 1.33 bits per heavy atom. The molecular formula is C18H19N7O2. The Morgan fingerprint density at radius 2 is 2.15 bits per heavy atom. The van der Waals surface area contributed by atoms with E-state index in [0.717, 1.165) is 5.56 Å². The van der Waals surface area contributed by atoms with E-state index in [4.69, 9.17) is 0 Å². The smallest absolute Gasteiger partial charge is 0.291 e. The highest BCUT2D eigenvalue weighted by Gasteiger charge is 2.31. The van der Waals surface area contributed by atoms with Crippen molar-refractivity contribution < 1.29 is 9.59 Å². The van der Waals surface area contributed by atoms with Crippen LogP contribution in [0.5, 0.6) is 0 Å². The summed E-state index contributed by atoms with van der Waals surface area (Å²) in [6, 6.07) is 9.13. The Kier molecular flexibility index (Phi) is 4.41. The van der Waals surface area contributed by atoms with Crippen molar-refractivity contribution in [3.05, 3.63) is 59.9 Å². The van der Waals surface area contributed by atoms with E-state index < -0.39 is 11.9 Å². The first-order valence-electron chi connectivity index (χ1n) is 8.66. The number of anilines is 1. The lowest BCUT2D eigenvalue weighted by Gasteiger charge is -2.19. The average molecular weight is 365 g/mol. The predicted molar refractivity (Wildman–Crippen MR) is 97.1 cm³/mol. The zero-order valence-corrected chi connectivity index (χ0v) is 14.8. The van der Waals surface area contributed by atoms with E-state index >= 15 is 0 Å². The van der Waals surface area contributed by atoms with E-state index in [1.165, 1.54) is 4.90 Å². The third kappa shape index (κ3) is 3.43. The van der Waals surface area contributed by atoms with Crippen molar-refractivity contribution >= 4 is 17.8 Å². The van der Waals surface area contributed by atoms with Crippen molar-refractivity contribution in [2.45, 2.75) is 25.4 Å². The van der Waals surface area contributed by atoms with Crippen LogP contribution < -0.4 is 10.2 Å². The molecule has 2 amide bonds. The number of amides is 2. The summed E-state index contributed by atoms with van der Waals surface area (Å²) in [5.74, 6) is 0.499. The third-order valence-corrected chi connectivity index (χ3v) is 4.54. The summed E-state index contributed by atoms with van der Waals surface area (Å²) in [5.41, 5.74) is 1.07. The summed E-state index contributed by atoms with van der Waals surface area (Å²) in [7, 11) is 1.65. The Morgan fingerprint density at radius 3 is 2.96 bits per heavy atom. The van der Waals surface area contributed by atoms with Crippen LogP contribution in [-0.2, 0) is 17.8 Å². The van der Waals surface area contributed by atoms with Crippen LogP contribution in [0.1, 0.15) is 28.4 Å². The number of carbonyl (C=O) groups excluding carboxylic acids is 2. The molecule has 1 aliphatic heterocycles. The van der Waals surface area contributed by atoms with Gasteiger partial charge < -0.3 is 9.88 Å². The Labute approximate surface area is 155 Å². The molecule has 1 aliphatic rings. The number of rotatable bonds is 4. The van der Waals surface area contributed by atoms with Gasteiger partial charge in [-0.2, -0.15) is 0 Å². The fourth-order valence-electron chi connectivity index (χ4n) is 3.12. The Hall–Kier alpha value is -3.49. The molecule has 3 heterocycles. The van der Waals surface area contributed by atoms with Crippen molar-refractivity contribution in [3.8, 4) is 0 Å². The van der Waals surface area contributed by atoms with Gasteiger partial charge in [-0.1, -0.05) is 30.3 Å². The normalized spacial score (nSPS) is 16.7. The van der Waals surface area contributed by atoms with Gasteiger partial charge >= 0.3 is 0 Å². The van der Waals surface area contributed by atoms with Crippen LogP contribution in [0.2, 0.25) is 0 Å². The molecule has 0 aliphatic carbocycles. The lowest BCUT2D eigenvalue weighted by molar-refractivity contribution is -0.120. The topological polar surface area (TPSA) is 109 Å². The maximum absolute atomic E-state index is 12.6. The molecule has 0 radical (unpaired) electrons. The lowest BCUT2D eigenvalue weighted by atomic mass is 10.1. The summed E-state index contributed by atoms with van der Waals surface area (Å²) >= 11 is 0. The molecule has 2 aromatic heterocycles. The maximum Gasteiger partial charge on any atom is 0.291 e. The molecule has 1 aromatic carbocycles. The van der Waals surface area contributed by atoms with Crippen molar-refractivity contribution in [3.63, 3.8) is 0 Å². The zero-order chi connectivity index (χ0) is 18.8. The van der Waals surface area contributed by atoms with Gasteiger partial charge in [0.05, 0.1) is 0 Å². The number of carbonyl (C=O) groups is 2. The minimum absolute atomic E-state index is 0.0263. The van der Waals surface area contributed by atoms with E-state index in [1.807, 2.05) is 41.1 Å². The second-order valence-electron chi connectivity index (χ2n) is 6.40. The average Bonchev–Trinajstić information content (AvgIpc) is 3.32. The molecule has 138 valence electrons. The molecule has 9 heteroatoms. The first kappa shape index (κ1) is 17.0. The number of likely N-dealkylation sites (N-methyl/N-ethyl adjacent to an activating group) is 1. The van der Waals surface area contributed by atoms with Crippen LogP contribution in [0.25, 0.3) is 0 Å². The van der Waals surface area contributed by atoms with Crippen LogP contribution in [0.15, 0.2) is 42.7 Å². The number of aromatic nitrogens is 5. The molecular weight excluding hydrogens is 346 g/mol. The van der Waals surface area contributed by atoms with Gasteiger partial charge in [-0.05, 0) is 12.0 Å². The number of benzene rings is 1. The minimum Gasteiger partial charge on any atom is -0.337 e. The first-order chi connectivity index (χ1) is 13.1. The third-order valence-electron chi connectivity index (χ3n) is 4.54. The van der Waals surface area contributed by atoms with Gasteiger partial charge in [-0.15, -0.1) is 5.10 Å². The molecule has 9 nitrogen and oxygen atoms in total.